The second-order valence-corrected chi connectivity index (χ2v) is 7.04. The molecule has 1 fully saturated rings. The van der Waals surface area contributed by atoms with Crippen LogP contribution in [-0.4, -0.2) is 40.5 Å². The monoisotopic (exact) mass is 350 g/mol. The number of likely N-dealkylation sites (tertiary alicyclic amines) is 1. The summed E-state index contributed by atoms with van der Waals surface area (Å²) in [6.45, 7) is 4.47. The zero-order valence-corrected chi connectivity index (χ0v) is 15.0. The van der Waals surface area contributed by atoms with E-state index in [2.05, 4.69) is 26.4 Å². The van der Waals surface area contributed by atoms with Gasteiger partial charge in [-0.3, -0.25) is 4.79 Å². The normalized spacial score (nSPS) is 20.2. The average molecular weight is 350 g/mol. The van der Waals surface area contributed by atoms with E-state index < -0.39 is 0 Å². The lowest BCUT2D eigenvalue weighted by Gasteiger charge is -2.29. The molecule has 1 aliphatic heterocycles. The molecule has 1 amide bonds. The molecule has 2 aromatic carbocycles. The summed E-state index contributed by atoms with van der Waals surface area (Å²) in [5, 5.41) is 11.6. The Balaban J connectivity index is 1.34. The largest absolute Gasteiger partial charge is 0.327 e. The van der Waals surface area contributed by atoms with Crippen LogP contribution in [0.5, 0.6) is 0 Å². The fourth-order valence-corrected chi connectivity index (χ4v) is 3.72. The highest BCUT2D eigenvalue weighted by atomic mass is 16.2. The summed E-state index contributed by atoms with van der Waals surface area (Å²) in [5.41, 5.74) is 4.03. The van der Waals surface area contributed by atoms with Gasteiger partial charge in [0.25, 0.3) is 5.91 Å². The number of amides is 1. The molecule has 3 aromatic rings. The Bertz CT molecular complexity index is 911. The second-order valence-electron chi connectivity index (χ2n) is 7.04. The number of fused-ring (bicyclic) bond motifs is 1. The quantitative estimate of drug-likeness (QED) is 0.751. The molecular weight excluding hydrogens is 326 g/mol. The number of rotatable bonds is 4. The van der Waals surface area contributed by atoms with E-state index in [1.165, 1.54) is 4.90 Å². The minimum atomic E-state index is 0.0824. The van der Waals surface area contributed by atoms with Gasteiger partial charge in [0, 0.05) is 18.5 Å². The number of para-hydroxylation sites is 2. The van der Waals surface area contributed by atoms with Crippen LogP contribution in [0.2, 0.25) is 0 Å². The highest BCUT2D eigenvalue weighted by molar-refractivity contribution is 5.92. The van der Waals surface area contributed by atoms with Crippen LogP contribution in [0.4, 0.5) is 5.69 Å². The van der Waals surface area contributed by atoms with Gasteiger partial charge >= 0.3 is 0 Å². The minimum Gasteiger partial charge on any atom is -0.327 e. The number of aromatic nitrogens is 3. The van der Waals surface area contributed by atoms with Crippen LogP contribution in [0.15, 0.2) is 48.5 Å². The molecule has 6 heteroatoms. The van der Waals surface area contributed by atoms with E-state index >= 15 is 0 Å². The summed E-state index contributed by atoms with van der Waals surface area (Å²) in [7, 11) is 0. The molecule has 6 nitrogen and oxygen atoms in total. The van der Waals surface area contributed by atoms with Crippen LogP contribution < -0.4 is 10.2 Å². The molecule has 2 N–H and O–H groups in total. The maximum atomic E-state index is 12.4. The molecule has 4 rings (SSSR count). The molecule has 0 aliphatic carbocycles. The molecule has 1 aromatic heterocycles. The van der Waals surface area contributed by atoms with Crippen LogP contribution in [0, 0.1) is 6.92 Å². The number of nitrogens with one attached hydrogen (secondary N) is 2. The van der Waals surface area contributed by atoms with Crippen molar-refractivity contribution in [1.29, 1.82) is 0 Å². The molecule has 0 atom stereocenters. The van der Waals surface area contributed by atoms with Crippen molar-refractivity contribution in [3.8, 4) is 0 Å². The number of anilines is 1. The summed E-state index contributed by atoms with van der Waals surface area (Å²) >= 11 is 0. The Labute approximate surface area is 152 Å². The fourth-order valence-electron chi connectivity index (χ4n) is 3.72. The van der Waals surface area contributed by atoms with Crippen LogP contribution in [0.1, 0.15) is 24.4 Å². The minimum absolute atomic E-state index is 0.0824. The van der Waals surface area contributed by atoms with Gasteiger partial charge in [-0.15, -0.1) is 5.10 Å². The number of quaternary nitrogens is 1. The van der Waals surface area contributed by atoms with Gasteiger partial charge in [-0.25, -0.2) is 4.68 Å². The first-order valence-electron chi connectivity index (χ1n) is 9.19. The van der Waals surface area contributed by atoms with Crippen LogP contribution in [0.25, 0.3) is 11.0 Å². The topological polar surface area (TPSA) is 64.2 Å². The van der Waals surface area contributed by atoms with Gasteiger partial charge in [0.1, 0.15) is 5.52 Å². The first-order valence-corrected chi connectivity index (χ1v) is 9.19. The average Bonchev–Trinajstić information content (AvgIpc) is 3.08. The fraction of sp³-hybridized carbons (Fsp3) is 0.350. The van der Waals surface area contributed by atoms with Gasteiger partial charge in [0.05, 0.1) is 24.6 Å². The number of nitrogens with zero attached hydrogens (tertiary/aromatic N) is 3. The molecular formula is C20H24N5O+. The molecule has 134 valence electrons. The molecule has 1 aliphatic rings. The number of hydrogen-bond acceptors (Lipinski definition) is 3. The summed E-state index contributed by atoms with van der Waals surface area (Å²) in [4.78, 5) is 13.7. The number of piperidine rings is 1. The Morgan fingerprint density at radius 3 is 2.69 bits per heavy atom. The van der Waals surface area contributed by atoms with Crippen molar-refractivity contribution in [1.82, 2.24) is 15.0 Å². The summed E-state index contributed by atoms with van der Waals surface area (Å²) in [6, 6.07) is 16.3. The zero-order chi connectivity index (χ0) is 17.9. The number of aryl methyl sites for hydroxylation is 1. The van der Waals surface area contributed by atoms with E-state index in [9.17, 15) is 4.79 Å². The van der Waals surface area contributed by atoms with Gasteiger partial charge in [0.2, 0.25) is 0 Å². The highest BCUT2D eigenvalue weighted by Crippen LogP contribution is 2.21. The summed E-state index contributed by atoms with van der Waals surface area (Å²) < 4.78 is 2.06. The Morgan fingerprint density at radius 2 is 1.88 bits per heavy atom. The van der Waals surface area contributed by atoms with Crippen molar-refractivity contribution in [3.05, 3.63) is 54.1 Å². The first kappa shape index (κ1) is 16.7. The van der Waals surface area contributed by atoms with Crippen molar-refractivity contribution in [2.75, 3.05) is 25.0 Å². The third-order valence-corrected chi connectivity index (χ3v) is 5.22. The van der Waals surface area contributed by atoms with Gasteiger partial charge in [-0.1, -0.05) is 35.5 Å². The van der Waals surface area contributed by atoms with Crippen molar-refractivity contribution in [2.24, 2.45) is 0 Å². The Kier molecular flexibility index (Phi) is 4.67. The lowest BCUT2D eigenvalue weighted by atomic mass is 10.0. The van der Waals surface area contributed by atoms with E-state index in [1.807, 2.05) is 49.4 Å². The lowest BCUT2D eigenvalue weighted by molar-refractivity contribution is -0.897. The van der Waals surface area contributed by atoms with Crippen LogP contribution >= 0.6 is 0 Å². The van der Waals surface area contributed by atoms with Crippen LogP contribution in [-0.2, 0) is 4.79 Å². The van der Waals surface area contributed by atoms with Gasteiger partial charge in [0.15, 0.2) is 6.54 Å². The molecule has 0 unspecified atom stereocenters. The van der Waals surface area contributed by atoms with E-state index in [1.54, 1.807) is 0 Å². The number of carbonyl (C=O) groups is 1. The highest BCUT2D eigenvalue weighted by Gasteiger charge is 2.26. The van der Waals surface area contributed by atoms with E-state index in [0.717, 1.165) is 48.2 Å². The van der Waals surface area contributed by atoms with Gasteiger partial charge < -0.3 is 10.2 Å². The number of carbonyl (C=O) groups excluding carboxylic acids is 1. The molecule has 0 spiro atoms. The standard InChI is InChI=1S/C20H23N5O/c1-15-6-2-3-7-17(15)21-20(26)14-24-12-10-16(11-13-24)25-19-9-5-4-8-18(19)22-23-25/h2-9,16H,10-14H2,1H3,(H,21,26)/p+1. The molecule has 0 saturated carbocycles. The molecule has 26 heavy (non-hydrogen) atoms. The second kappa shape index (κ2) is 7.25. The Hall–Kier alpha value is -2.73. The van der Waals surface area contributed by atoms with E-state index in [0.29, 0.717) is 12.6 Å². The molecule has 0 bridgehead atoms. The maximum absolute atomic E-state index is 12.4. The predicted molar refractivity (Wildman–Crippen MR) is 101 cm³/mol. The smallest absolute Gasteiger partial charge is 0.279 e. The van der Waals surface area contributed by atoms with Crippen molar-refractivity contribution < 1.29 is 9.69 Å². The van der Waals surface area contributed by atoms with Crippen LogP contribution in [0.3, 0.4) is 0 Å². The van der Waals surface area contributed by atoms with Crippen molar-refractivity contribution in [3.63, 3.8) is 0 Å². The van der Waals surface area contributed by atoms with Gasteiger partial charge in [-0.2, -0.15) is 0 Å². The molecule has 1 saturated heterocycles. The number of hydrogen-bond donors (Lipinski definition) is 2. The summed E-state index contributed by atoms with van der Waals surface area (Å²) in [6.07, 6.45) is 2.03. The molecule has 2 heterocycles. The Morgan fingerprint density at radius 1 is 1.15 bits per heavy atom. The number of benzene rings is 2. The predicted octanol–water partition coefficient (Wildman–Crippen LogP) is 1.60. The zero-order valence-electron chi connectivity index (χ0n) is 15.0. The molecule has 0 radical (unpaired) electrons. The van der Waals surface area contributed by atoms with Gasteiger partial charge in [-0.05, 0) is 30.7 Å². The van der Waals surface area contributed by atoms with Crippen molar-refractivity contribution in [2.45, 2.75) is 25.8 Å². The SMILES string of the molecule is Cc1ccccc1NC(=O)C[NH+]1CCC(n2nnc3ccccc32)CC1. The van der Waals surface area contributed by atoms with E-state index in [4.69, 9.17) is 0 Å². The van der Waals surface area contributed by atoms with E-state index in [-0.39, 0.29) is 5.91 Å². The third-order valence-electron chi connectivity index (χ3n) is 5.22. The summed E-state index contributed by atoms with van der Waals surface area (Å²) in [5.74, 6) is 0.0824. The first-order chi connectivity index (χ1) is 12.7. The lowest BCUT2D eigenvalue weighted by Crippen LogP contribution is -3.14. The third kappa shape index (κ3) is 3.46. The maximum Gasteiger partial charge on any atom is 0.279 e. The van der Waals surface area contributed by atoms with Crippen molar-refractivity contribution >= 4 is 22.6 Å².